The highest BCUT2D eigenvalue weighted by molar-refractivity contribution is 5.71. The van der Waals surface area contributed by atoms with Gasteiger partial charge in [-0.05, 0) is 79.0 Å². The highest BCUT2D eigenvalue weighted by atomic mass is 16.3. The molecule has 4 fully saturated rings. The number of hydrogen-bond donors (Lipinski definition) is 1. The van der Waals surface area contributed by atoms with Crippen molar-refractivity contribution in [3.05, 3.63) is 87.6 Å². The standard InChI is InChI=1S/C32H33N5O2/c1-2-6-28-27(14-20-9-10-26(25(11-20)18-33)22-7-4-3-5-8-22)30(38)36(31-34-19-35-37(28)31)29-23-12-21-13-24(29)17-32(39,15-21)16-23/h3-5,7-11,19,21,23-24,29,39H,2,6,12-17H2,1H3. The minimum Gasteiger partial charge on any atom is -0.390 e. The van der Waals surface area contributed by atoms with E-state index < -0.39 is 5.60 Å². The molecule has 2 aromatic heterocycles. The molecule has 0 radical (unpaired) electrons. The maximum Gasteiger partial charge on any atom is 0.259 e. The molecule has 2 unspecified atom stereocenters. The zero-order valence-corrected chi connectivity index (χ0v) is 22.3. The van der Waals surface area contributed by atoms with Gasteiger partial charge in [0.25, 0.3) is 5.56 Å². The van der Waals surface area contributed by atoms with E-state index in [0.717, 1.165) is 72.9 Å². The molecule has 7 nitrogen and oxygen atoms in total. The van der Waals surface area contributed by atoms with Crippen LogP contribution in [0.4, 0.5) is 0 Å². The normalized spacial score (nSPS) is 27.2. The fourth-order valence-corrected chi connectivity index (χ4v) is 8.26. The van der Waals surface area contributed by atoms with E-state index in [0.29, 0.717) is 23.7 Å². The summed E-state index contributed by atoms with van der Waals surface area (Å²) >= 11 is 0. The third-order valence-electron chi connectivity index (χ3n) is 9.47. The fourth-order valence-electron chi connectivity index (χ4n) is 8.26. The Labute approximate surface area is 227 Å². The van der Waals surface area contributed by atoms with Gasteiger partial charge in [0.15, 0.2) is 0 Å². The smallest absolute Gasteiger partial charge is 0.259 e. The van der Waals surface area contributed by atoms with E-state index in [1.165, 1.54) is 0 Å². The molecule has 39 heavy (non-hydrogen) atoms. The Morgan fingerprint density at radius 3 is 2.56 bits per heavy atom. The first-order valence-corrected chi connectivity index (χ1v) is 14.2. The molecule has 0 amide bonds. The largest absolute Gasteiger partial charge is 0.390 e. The first-order valence-electron chi connectivity index (χ1n) is 14.2. The zero-order valence-electron chi connectivity index (χ0n) is 22.3. The second-order valence-electron chi connectivity index (χ2n) is 12.0. The Hall–Kier alpha value is -3.76. The van der Waals surface area contributed by atoms with E-state index in [2.05, 4.69) is 23.1 Å². The average molecular weight is 520 g/mol. The lowest BCUT2D eigenvalue weighted by Crippen LogP contribution is -2.56. The molecular weight excluding hydrogens is 486 g/mol. The van der Waals surface area contributed by atoms with Crippen LogP contribution in [-0.4, -0.2) is 29.9 Å². The second kappa shape index (κ2) is 9.17. The van der Waals surface area contributed by atoms with Crippen molar-refractivity contribution in [2.24, 2.45) is 17.8 Å². The van der Waals surface area contributed by atoms with Crippen molar-refractivity contribution in [1.29, 1.82) is 5.26 Å². The molecule has 4 aromatic rings. The van der Waals surface area contributed by atoms with Gasteiger partial charge in [-0.25, -0.2) is 4.52 Å². The number of aryl methyl sites for hydroxylation is 1. The molecule has 7 heteroatoms. The summed E-state index contributed by atoms with van der Waals surface area (Å²) in [5, 5.41) is 25.8. The number of aliphatic hydroxyl groups is 1. The lowest BCUT2D eigenvalue weighted by Gasteiger charge is -2.58. The summed E-state index contributed by atoms with van der Waals surface area (Å²) < 4.78 is 3.81. The molecule has 2 heterocycles. The van der Waals surface area contributed by atoms with Crippen LogP contribution in [0, 0.1) is 29.1 Å². The van der Waals surface area contributed by atoms with Crippen LogP contribution in [0.2, 0.25) is 0 Å². The van der Waals surface area contributed by atoms with Crippen LogP contribution in [0.1, 0.15) is 73.9 Å². The Kier molecular flexibility index (Phi) is 5.71. The predicted octanol–water partition coefficient (Wildman–Crippen LogP) is 5.09. The van der Waals surface area contributed by atoms with Gasteiger partial charge < -0.3 is 5.11 Å². The molecule has 4 saturated carbocycles. The number of nitriles is 1. The van der Waals surface area contributed by atoms with Crippen LogP contribution in [0.25, 0.3) is 16.9 Å². The first kappa shape index (κ1) is 24.3. The average Bonchev–Trinajstić information content (AvgIpc) is 3.41. The Morgan fingerprint density at radius 1 is 1.10 bits per heavy atom. The summed E-state index contributed by atoms with van der Waals surface area (Å²) in [4.78, 5) is 19.1. The molecule has 4 aliphatic carbocycles. The van der Waals surface area contributed by atoms with Gasteiger partial charge in [0, 0.05) is 18.0 Å². The van der Waals surface area contributed by atoms with Gasteiger partial charge in [-0.2, -0.15) is 15.3 Å². The summed E-state index contributed by atoms with van der Waals surface area (Å²) in [6.07, 6.45) is 8.14. The lowest BCUT2D eigenvalue weighted by atomic mass is 9.52. The van der Waals surface area contributed by atoms with Crippen molar-refractivity contribution in [1.82, 2.24) is 19.2 Å². The molecule has 1 N–H and O–H groups in total. The fraction of sp³-hybridized carbons (Fsp3) is 0.438. The Morgan fingerprint density at radius 2 is 1.87 bits per heavy atom. The number of aromatic nitrogens is 4. The van der Waals surface area contributed by atoms with E-state index >= 15 is 0 Å². The van der Waals surface area contributed by atoms with E-state index in [4.69, 9.17) is 0 Å². The van der Waals surface area contributed by atoms with Crippen LogP contribution >= 0.6 is 0 Å². The predicted molar refractivity (Wildman–Crippen MR) is 148 cm³/mol. The van der Waals surface area contributed by atoms with Crippen molar-refractivity contribution in [2.45, 2.75) is 69.9 Å². The molecule has 0 spiro atoms. The minimum atomic E-state index is -0.570. The third-order valence-corrected chi connectivity index (χ3v) is 9.47. The summed E-state index contributed by atoms with van der Waals surface area (Å²) in [5.41, 5.74) is 4.51. The van der Waals surface area contributed by atoms with Gasteiger partial charge in [0.1, 0.15) is 6.33 Å². The zero-order chi connectivity index (χ0) is 26.7. The molecular formula is C32H33N5O2. The van der Waals surface area contributed by atoms with E-state index in [9.17, 15) is 15.2 Å². The van der Waals surface area contributed by atoms with Gasteiger partial charge in [-0.1, -0.05) is 55.8 Å². The highest BCUT2D eigenvalue weighted by Gasteiger charge is 2.56. The maximum atomic E-state index is 14.5. The minimum absolute atomic E-state index is 0.00839. The van der Waals surface area contributed by atoms with Crippen molar-refractivity contribution >= 4 is 5.78 Å². The molecule has 198 valence electrons. The maximum absolute atomic E-state index is 14.5. The van der Waals surface area contributed by atoms with Crippen LogP contribution in [0.3, 0.4) is 0 Å². The van der Waals surface area contributed by atoms with Crippen LogP contribution in [0.15, 0.2) is 59.7 Å². The van der Waals surface area contributed by atoms with E-state index in [1.54, 1.807) is 6.33 Å². The summed E-state index contributed by atoms with van der Waals surface area (Å²) in [6, 6.07) is 18.3. The van der Waals surface area contributed by atoms with Crippen LogP contribution in [0.5, 0.6) is 0 Å². The molecule has 4 bridgehead atoms. The number of rotatable bonds is 6. The number of hydrogen-bond acceptors (Lipinski definition) is 5. The van der Waals surface area contributed by atoms with Gasteiger partial charge in [-0.3, -0.25) is 9.36 Å². The quantitative estimate of drug-likeness (QED) is 0.383. The summed E-state index contributed by atoms with van der Waals surface area (Å²) in [7, 11) is 0. The van der Waals surface area contributed by atoms with Crippen molar-refractivity contribution in [3.8, 4) is 17.2 Å². The number of benzene rings is 2. The van der Waals surface area contributed by atoms with Gasteiger partial charge in [0.2, 0.25) is 5.78 Å². The number of nitrogens with zero attached hydrogens (tertiary/aromatic N) is 5. The summed E-state index contributed by atoms with van der Waals surface area (Å²) in [5.74, 6) is 1.73. The number of fused-ring (bicyclic) bond motifs is 1. The SMILES string of the molecule is CCCc1c(Cc2ccc(-c3ccccc3)c(C#N)c2)c(=O)n(C2C3CC4CC2CC(O)(C4)C3)c2ncnn12. The molecule has 2 atom stereocenters. The van der Waals surface area contributed by atoms with Gasteiger partial charge in [-0.15, -0.1) is 0 Å². The van der Waals surface area contributed by atoms with Gasteiger partial charge in [0.05, 0.1) is 22.9 Å². The Balaban J connectivity index is 1.35. The van der Waals surface area contributed by atoms with Crippen molar-refractivity contribution in [3.63, 3.8) is 0 Å². The molecule has 2 aromatic carbocycles. The summed E-state index contributed by atoms with van der Waals surface area (Å²) in [6.45, 7) is 2.11. The molecule has 0 aliphatic heterocycles. The van der Waals surface area contributed by atoms with Crippen LogP contribution in [-0.2, 0) is 12.8 Å². The topological polar surface area (TPSA) is 96.2 Å². The first-order chi connectivity index (χ1) is 19.0. The Bertz CT molecular complexity index is 1650. The van der Waals surface area contributed by atoms with E-state index in [-0.39, 0.29) is 23.4 Å². The van der Waals surface area contributed by atoms with Gasteiger partial charge >= 0.3 is 0 Å². The van der Waals surface area contributed by atoms with E-state index in [1.807, 2.05) is 57.6 Å². The second-order valence-corrected chi connectivity index (χ2v) is 12.0. The van der Waals surface area contributed by atoms with Crippen LogP contribution < -0.4 is 5.56 Å². The third kappa shape index (κ3) is 3.92. The van der Waals surface area contributed by atoms with Crippen molar-refractivity contribution < 1.29 is 5.11 Å². The lowest BCUT2D eigenvalue weighted by molar-refractivity contribution is -0.147. The highest BCUT2D eigenvalue weighted by Crippen LogP contribution is 2.59. The van der Waals surface area contributed by atoms with Crippen molar-refractivity contribution in [2.75, 3.05) is 0 Å². The molecule has 0 saturated heterocycles. The monoisotopic (exact) mass is 519 g/mol. The molecule has 8 rings (SSSR count). The molecule has 4 aliphatic rings.